The van der Waals surface area contributed by atoms with E-state index in [2.05, 4.69) is 41.0 Å². The molecule has 0 radical (unpaired) electrons. The summed E-state index contributed by atoms with van der Waals surface area (Å²) < 4.78 is 11.9. The van der Waals surface area contributed by atoms with E-state index in [0.29, 0.717) is 36.4 Å². The van der Waals surface area contributed by atoms with Gasteiger partial charge in [0, 0.05) is 50.7 Å². The Balaban J connectivity index is 1.14. The normalized spacial score (nSPS) is 25.5. The lowest BCUT2D eigenvalue weighted by atomic mass is 9.77. The number of β-amino-alcohol motifs (C(OH)–C–C–N with tert-alkyl or cyclic N) is 1. The van der Waals surface area contributed by atoms with Crippen molar-refractivity contribution >= 4 is 5.91 Å². The summed E-state index contributed by atoms with van der Waals surface area (Å²) >= 11 is 0. The topological polar surface area (TPSA) is 65.5 Å². The number of carbonyl (C=O) groups excluding carboxylic acids is 1. The summed E-state index contributed by atoms with van der Waals surface area (Å²) in [4.78, 5) is 20.0. The Kier molecular flexibility index (Phi) is 6.05. The van der Waals surface area contributed by atoms with Gasteiger partial charge in [0.25, 0.3) is 5.91 Å². The van der Waals surface area contributed by atoms with E-state index in [1.165, 1.54) is 11.1 Å². The summed E-state index contributed by atoms with van der Waals surface area (Å²) in [6.07, 6.45) is 0.217. The maximum Gasteiger partial charge on any atom is 0.257 e. The van der Waals surface area contributed by atoms with Crippen molar-refractivity contribution in [3.05, 3.63) is 65.2 Å². The molecule has 1 N–H and O–H groups in total. The van der Waals surface area contributed by atoms with Gasteiger partial charge in [-0.25, -0.2) is 0 Å². The molecule has 2 aromatic rings. The van der Waals surface area contributed by atoms with E-state index in [0.717, 1.165) is 45.8 Å². The lowest BCUT2D eigenvalue weighted by Crippen LogP contribution is -2.69. The van der Waals surface area contributed by atoms with Crippen LogP contribution < -0.4 is 4.74 Å². The van der Waals surface area contributed by atoms with Gasteiger partial charge >= 0.3 is 0 Å². The lowest BCUT2D eigenvalue weighted by molar-refractivity contribution is -0.203. The second-order valence-corrected chi connectivity index (χ2v) is 10.9. The van der Waals surface area contributed by atoms with Gasteiger partial charge in [0.15, 0.2) is 0 Å². The van der Waals surface area contributed by atoms with Crippen LogP contribution in [-0.4, -0.2) is 96.4 Å². The number of nitrogens with zero attached hydrogens (tertiary/aromatic N) is 3. The molecule has 2 saturated heterocycles. The molecule has 35 heavy (non-hydrogen) atoms. The van der Waals surface area contributed by atoms with Crippen LogP contribution in [0, 0.1) is 5.41 Å². The molecule has 4 aliphatic rings. The molecule has 1 spiro atoms. The molecule has 3 atom stereocenters. The zero-order chi connectivity index (χ0) is 24.0. The Hall–Kier alpha value is -2.45. The third-order valence-electron chi connectivity index (χ3n) is 8.20. The number of rotatable bonds is 6. The van der Waals surface area contributed by atoms with Gasteiger partial charge in [-0.2, -0.15) is 0 Å². The van der Waals surface area contributed by atoms with Crippen LogP contribution in [0.25, 0.3) is 0 Å². The predicted octanol–water partition coefficient (Wildman–Crippen LogP) is 2.03. The minimum atomic E-state index is -0.621. The first-order valence-corrected chi connectivity index (χ1v) is 12.8. The standard InChI is InChI=1S/C28H35N3O4/c1-20(31-16-28(17-31)18-34-19-28)26-15-30(27(33)24-8-4-5-9-25(24)35-26)14-23(32)13-29-11-10-21-6-2-3-7-22(21)12-29/h2-9,20,23,26,32H,10-19H2,1H3/t20?,23-,26?/m1/s1. The Bertz CT molecular complexity index is 1080. The second-order valence-electron chi connectivity index (χ2n) is 10.9. The van der Waals surface area contributed by atoms with Gasteiger partial charge in [0.05, 0.1) is 31.4 Å². The van der Waals surface area contributed by atoms with E-state index >= 15 is 0 Å². The Morgan fingerprint density at radius 1 is 1.06 bits per heavy atom. The highest BCUT2D eigenvalue weighted by Crippen LogP contribution is 2.40. The fraction of sp³-hybridized carbons (Fsp3) is 0.536. The van der Waals surface area contributed by atoms with E-state index in [1.54, 1.807) is 4.90 Å². The molecule has 7 nitrogen and oxygen atoms in total. The van der Waals surface area contributed by atoms with Crippen LogP contribution in [0.1, 0.15) is 28.4 Å². The van der Waals surface area contributed by atoms with E-state index in [4.69, 9.17) is 9.47 Å². The van der Waals surface area contributed by atoms with E-state index in [9.17, 15) is 9.90 Å². The van der Waals surface area contributed by atoms with Gasteiger partial charge in [-0.1, -0.05) is 36.4 Å². The number of aliphatic hydroxyl groups excluding tert-OH is 1. The van der Waals surface area contributed by atoms with Crippen molar-refractivity contribution in [1.82, 2.24) is 14.7 Å². The van der Waals surface area contributed by atoms with Crippen LogP contribution in [0.4, 0.5) is 0 Å². The number of likely N-dealkylation sites (tertiary alicyclic amines) is 1. The van der Waals surface area contributed by atoms with Gasteiger partial charge in [0.1, 0.15) is 11.9 Å². The maximum absolute atomic E-state index is 13.5. The fourth-order valence-corrected chi connectivity index (χ4v) is 6.06. The third-order valence-corrected chi connectivity index (χ3v) is 8.20. The van der Waals surface area contributed by atoms with Crippen molar-refractivity contribution in [3.63, 3.8) is 0 Å². The van der Waals surface area contributed by atoms with Gasteiger partial charge in [0.2, 0.25) is 0 Å². The van der Waals surface area contributed by atoms with E-state index in [-0.39, 0.29) is 18.1 Å². The zero-order valence-electron chi connectivity index (χ0n) is 20.4. The summed E-state index contributed by atoms with van der Waals surface area (Å²) in [5.41, 5.74) is 3.63. The molecule has 4 aliphatic heterocycles. The molecule has 0 aliphatic carbocycles. The van der Waals surface area contributed by atoms with Crippen molar-refractivity contribution in [2.45, 2.75) is 38.1 Å². The molecular formula is C28H35N3O4. The van der Waals surface area contributed by atoms with Gasteiger partial charge in [-0.3, -0.25) is 14.6 Å². The van der Waals surface area contributed by atoms with Gasteiger partial charge < -0.3 is 19.5 Å². The minimum Gasteiger partial charge on any atom is -0.486 e. The van der Waals surface area contributed by atoms with Crippen molar-refractivity contribution in [2.75, 3.05) is 52.5 Å². The quantitative estimate of drug-likeness (QED) is 0.687. The molecule has 0 aromatic heterocycles. The number of ether oxygens (including phenoxy) is 2. The summed E-state index contributed by atoms with van der Waals surface area (Å²) in [6, 6.07) is 16.2. The monoisotopic (exact) mass is 477 g/mol. The number of fused-ring (bicyclic) bond motifs is 2. The largest absolute Gasteiger partial charge is 0.486 e. The summed E-state index contributed by atoms with van der Waals surface area (Å²) in [5.74, 6) is 0.576. The summed E-state index contributed by atoms with van der Waals surface area (Å²) in [7, 11) is 0. The molecule has 0 bridgehead atoms. The second kappa shape index (κ2) is 9.21. The molecule has 7 heteroatoms. The highest BCUT2D eigenvalue weighted by Gasteiger charge is 2.51. The van der Waals surface area contributed by atoms with Crippen LogP contribution in [0.15, 0.2) is 48.5 Å². The van der Waals surface area contributed by atoms with Crippen LogP contribution >= 0.6 is 0 Å². The number of para-hydroxylation sites is 1. The van der Waals surface area contributed by atoms with Crippen LogP contribution in [0.3, 0.4) is 0 Å². The van der Waals surface area contributed by atoms with Crippen molar-refractivity contribution < 1.29 is 19.4 Å². The van der Waals surface area contributed by atoms with Gasteiger partial charge in [-0.15, -0.1) is 0 Å². The highest BCUT2D eigenvalue weighted by atomic mass is 16.5. The molecule has 0 saturated carbocycles. The molecule has 2 unspecified atom stereocenters. The Labute approximate surface area is 207 Å². The lowest BCUT2D eigenvalue weighted by Gasteiger charge is -2.57. The summed E-state index contributed by atoms with van der Waals surface area (Å²) in [6.45, 7) is 9.01. The minimum absolute atomic E-state index is 0.0641. The maximum atomic E-state index is 13.5. The average Bonchev–Trinajstić information content (AvgIpc) is 2.94. The van der Waals surface area contributed by atoms with Crippen LogP contribution in [0.2, 0.25) is 0 Å². The molecule has 2 aromatic carbocycles. The van der Waals surface area contributed by atoms with Crippen LogP contribution in [-0.2, 0) is 17.7 Å². The number of amides is 1. The average molecular weight is 478 g/mol. The number of aliphatic hydroxyl groups is 1. The number of benzene rings is 2. The SMILES string of the molecule is CC(C1CN(C[C@H](O)CN2CCc3ccccc3C2)C(=O)c2ccccc2O1)N1CC2(COC2)C1. The van der Waals surface area contributed by atoms with Crippen molar-refractivity contribution in [3.8, 4) is 5.75 Å². The first-order chi connectivity index (χ1) is 17.0. The number of hydrogen-bond acceptors (Lipinski definition) is 6. The van der Waals surface area contributed by atoms with E-state index < -0.39 is 6.10 Å². The highest BCUT2D eigenvalue weighted by molar-refractivity contribution is 5.97. The molecule has 1 amide bonds. The van der Waals surface area contributed by atoms with Crippen molar-refractivity contribution in [2.24, 2.45) is 5.41 Å². The molecule has 4 heterocycles. The Morgan fingerprint density at radius 2 is 1.80 bits per heavy atom. The third kappa shape index (κ3) is 4.47. The molecule has 186 valence electrons. The number of carbonyl (C=O) groups is 1. The first kappa shape index (κ1) is 23.0. The smallest absolute Gasteiger partial charge is 0.257 e. The fourth-order valence-electron chi connectivity index (χ4n) is 6.06. The predicted molar refractivity (Wildman–Crippen MR) is 132 cm³/mol. The Morgan fingerprint density at radius 3 is 2.57 bits per heavy atom. The molecular weight excluding hydrogens is 442 g/mol. The summed E-state index contributed by atoms with van der Waals surface area (Å²) in [5, 5.41) is 11.1. The molecule has 2 fully saturated rings. The number of hydrogen-bond donors (Lipinski definition) is 1. The van der Waals surface area contributed by atoms with Crippen LogP contribution in [0.5, 0.6) is 5.75 Å². The zero-order valence-corrected chi connectivity index (χ0v) is 20.4. The molecule has 6 rings (SSSR count). The van der Waals surface area contributed by atoms with Crippen molar-refractivity contribution in [1.29, 1.82) is 0 Å². The van der Waals surface area contributed by atoms with Gasteiger partial charge in [-0.05, 0) is 36.6 Å². The first-order valence-electron chi connectivity index (χ1n) is 12.8. The van der Waals surface area contributed by atoms with E-state index in [1.807, 2.05) is 24.3 Å².